The van der Waals surface area contributed by atoms with Crippen LogP contribution in [0.2, 0.25) is 5.02 Å². The van der Waals surface area contributed by atoms with Crippen molar-refractivity contribution in [3.8, 4) is 0 Å². The molecule has 0 fully saturated rings. The normalized spacial score (nSPS) is 12.5. The Morgan fingerprint density at radius 1 is 0.973 bits per heavy atom. The van der Waals surface area contributed by atoms with E-state index >= 15 is 0 Å². The van der Waals surface area contributed by atoms with E-state index in [0.29, 0.717) is 34.4 Å². The Balaban J connectivity index is 1.50. The molecule has 0 saturated heterocycles. The Labute approximate surface area is 222 Å². The SMILES string of the molecule is C[C@@H](NC(=O)c1csc(CN(Cc2cccc(Cl)c2)Cc2cccc(C(F)(F)F)c2)n1)c1ccccc1. The van der Waals surface area contributed by atoms with E-state index in [9.17, 15) is 18.0 Å². The summed E-state index contributed by atoms with van der Waals surface area (Å²) in [5.74, 6) is -0.280. The molecule has 9 heteroatoms. The van der Waals surface area contributed by atoms with Crippen molar-refractivity contribution in [3.05, 3.63) is 122 Å². The third-order valence-corrected chi connectivity index (χ3v) is 6.81. The van der Waals surface area contributed by atoms with Crippen LogP contribution < -0.4 is 5.32 Å². The monoisotopic (exact) mass is 543 g/mol. The van der Waals surface area contributed by atoms with Crippen molar-refractivity contribution in [1.29, 1.82) is 0 Å². The second-order valence-electron chi connectivity index (χ2n) is 8.71. The molecule has 4 aromatic rings. The Morgan fingerprint density at radius 3 is 2.32 bits per heavy atom. The van der Waals surface area contributed by atoms with Crippen LogP contribution in [0.25, 0.3) is 0 Å². The van der Waals surface area contributed by atoms with Gasteiger partial charge in [0.05, 0.1) is 18.2 Å². The maximum Gasteiger partial charge on any atom is 0.416 e. The van der Waals surface area contributed by atoms with Crippen LogP contribution >= 0.6 is 22.9 Å². The van der Waals surface area contributed by atoms with Crippen molar-refractivity contribution in [3.63, 3.8) is 0 Å². The van der Waals surface area contributed by atoms with Gasteiger partial charge in [-0.15, -0.1) is 11.3 Å². The van der Waals surface area contributed by atoms with Crippen LogP contribution in [0.3, 0.4) is 0 Å². The number of hydrogen-bond donors (Lipinski definition) is 1. The summed E-state index contributed by atoms with van der Waals surface area (Å²) in [5.41, 5.74) is 2.06. The van der Waals surface area contributed by atoms with E-state index in [0.717, 1.165) is 23.3 Å². The molecule has 4 rings (SSSR count). The fraction of sp³-hybridized carbons (Fsp3) is 0.214. The molecule has 1 aromatic heterocycles. The summed E-state index contributed by atoms with van der Waals surface area (Å²) >= 11 is 7.49. The Morgan fingerprint density at radius 2 is 1.65 bits per heavy atom. The average Bonchev–Trinajstić information content (AvgIpc) is 3.33. The molecule has 0 aliphatic rings. The molecule has 0 radical (unpaired) electrons. The number of carbonyl (C=O) groups is 1. The van der Waals surface area contributed by atoms with Gasteiger partial charge in [0.15, 0.2) is 0 Å². The minimum Gasteiger partial charge on any atom is -0.344 e. The van der Waals surface area contributed by atoms with Gasteiger partial charge in [0, 0.05) is 23.5 Å². The molecule has 1 N–H and O–H groups in total. The molecule has 0 aliphatic carbocycles. The number of benzene rings is 3. The highest BCUT2D eigenvalue weighted by Gasteiger charge is 2.30. The van der Waals surface area contributed by atoms with Gasteiger partial charge >= 0.3 is 6.18 Å². The first kappa shape index (κ1) is 26.9. The number of nitrogens with zero attached hydrogens (tertiary/aromatic N) is 2. The minimum atomic E-state index is -4.41. The van der Waals surface area contributed by atoms with Gasteiger partial charge in [-0.2, -0.15) is 13.2 Å². The van der Waals surface area contributed by atoms with Crippen LogP contribution in [0.1, 0.15) is 50.7 Å². The van der Waals surface area contributed by atoms with Gasteiger partial charge in [-0.1, -0.05) is 72.3 Å². The number of alkyl halides is 3. The van der Waals surface area contributed by atoms with Crippen molar-refractivity contribution in [2.45, 2.75) is 38.8 Å². The predicted octanol–water partition coefficient (Wildman–Crippen LogP) is 7.51. The number of aromatic nitrogens is 1. The number of hydrogen-bond acceptors (Lipinski definition) is 4. The zero-order valence-corrected chi connectivity index (χ0v) is 21.6. The van der Waals surface area contributed by atoms with Gasteiger partial charge in [-0.25, -0.2) is 4.98 Å². The maximum atomic E-state index is 13.2. The lowest BCUT2D eigenvalue weighted by atomic mass is 10.1. The zero-order chi connectivity index (χ0) is 26.4. The van der Waals surface area contributed by atoms with Crippen molar-refractivity contribution in [2.24, 2.45) is 0 Å². The highest BCUT2D eigenvalue weighted by Crippen LogP contribution is 2.30. The fourth-order valence-corrected chi connectivity index (χ4v) is 4.97. The van der Waals surface area contributed by atoms with Crippen molar-refractivity contribution in [1.82, 2.24) is 15.2 Å². The quantitative estimate of drug-likeness (QED) is 0.237. The molecule has 0 bridgehead atoms. The highest BCUT2D eigenvalue weighted by atomic mass is 35.5. The minimum absolute atomic E-state index is 0.181. The van der Waals surface area contributed by atoms with Crippen LogP contribution in [0.4, 0.5) is 13.2 Å². The molecular formula is C28H25ClF3N3OS. The first-order chi connectivity index (χ1) is 17.7. The standard InChI is InChI=1S/C28H25ClF3N3OS/c1-19(22-9-3-2-4-10-22)33-27(36)25-18-37-26(34-25)17-35(16-21-8-6-12-24(29)14-21)15-20-7-5-11-23(13-20)28(30,31)32/h2-14,18-19H,15-17H2,1H3,(H,33,36)/t19-/m1/s1. The zero-order valence-electron chi connectivity index (χ0n) is 20.0. The van der Waals surface area contributed by atoms with E-state index in [2.05, 4.69) is 10.3 Å². The second-order valence-corrected chi connectivity index (χ2v) is 10.1. The summed E-state index contributed by atoms with van der Waals surface area (Å²) in [6.45, 7) is 2.97. The molecule has 1 heterocycles. The lowest BCUT2D eigenvalue weighted by Gasteiger charge is -2.22. The Kier molecular flexibility index (Phi) is 8.63. The lowest BCUT2D eigenvalue weighted by Crippen LogP contribution is -2.27. The summed E-state index contributed by atoms with van der Waals surface area (Å²) in [7, 11) is 0. The van der Waals surface area contributed by atoms with Crippen LogP contribution in [0.15, 0.2) is 84.2 Å². The Bertz CT molecular complexity index is 1340. The number of thiazole rings is 1. The van der Waals surface area contributed by atoms with Gasteiger partial charge in [-0.3, -0.25) is 9.69 Å². The van der Waals surface area contributed by atoms with Gasteiger partial charge in [0.2, 0.25) is 0 Å². The predicted molar refractivity (Wildman–Crippen MR) is 140 cm³/mol. The van der Waals surface area contributed by atoms with Gasteiger partial charge in [-0.05, 0) is 41.8 Å². The van der Waals surface area contributed by atoms with Crippen LogP contribution in [0.5, 0.6) is 0 Å². The van der Waals surface area contributed by atoms with E-state index < -0.39 is 11.7 Å². The summed E-state index contributed by atoms with van der Waals surface area (Å²) in [4.78, 5) is 19.3. The van der Waals surface area contributed by atoms with Crippen molar-refractivity contribution < 1.29 is 18.0 Å². The van der Waals surface area contributed by atoms with E-state index in [1.807, 2.05) is 60.4 Å². The van der Waals surface area contributed by atoms with Gasteiger partial charge in [0.25, 0.3) is 5.91 Å². The number of amides is 1. The molecule has 0 saturated carbocycles. The third kappa shape index (κ3) is 7.64. The summed E-state index contributed by atoms with van der Waals surface area (Å²) < 4.78 is 39.7. The van der Waals surface area contributed by atoms with E-state index in [4.69, 9.17) is 11.6 Å². The van der Waals surface area contributed by atoms with Gasteiger partial charge < -0.3 is 5.32 Å². The fourth-order valence-electron chi connectivity index (χ4n) is 3.94. The smallest absolute Gasteiger partial charge is 0.344 e. The topological polar surface area (TPSA) is 45.2 Å². The van der Waals surface area contributed by atoms with Crippen molar-refractivity contribution in [2.75, 3.05) is 0 Å². The number of rotatable bonds is 9. The van der Waals surface area contributed by atoms with Gasteiger partial charge in [0.1, 0.15) is 10.7 Å². The number of halogens is 4. The van der Waals surface area contributed by atoms with E-state index in [1.54, 1.807) is 17.5 Å². The molecule has 0 unspecified atom stereocenters. The molecule has 4 nitrogen and oxygen atoms in total. The maximum absolute atomic E-state index is 13.2. The number of nitrogens with one attached hydrogen (secondary N) is 1. The highest BCUT2D eigenvalue weighted by molar-refractivity contribution is 7.09. The molecular weight excluding hydrogens is 519 g/mol. The second kappa shape index (κ2) is 11.9. The molecule has 37 heavy (non-hydrogen) atoms. The first-order valence-corrected chi connectivity index (χ1v) is 12.9. The molecule has 0 spiro atoms. The molecule has 1 amide bonds. The first-order valence-electron chi connectivity index (χ1n) is 11.6. The summed E-state index contributed by atoms with van der Waals surface area (Å²) in [6.07, 6.45) is -4.41. The molecule has 3 aromatic carbocycles. The summed E-state index contributed by atoms with van der Waals surface area (Å²) in [5, 5.41) is 5.92. The lowest BCUT2D eigenvalue weighted by molar-refractivity contribution is -0.137. The van der Waals surface area contributed by atoms with Crippen LogP contribution in [-0.4, -0.2) is 15.8 Å². The summed E-state index contributed by atoms with van der Waals surface area (Å²) in [6, 6.07) is 22.1. The van der Waals surface area contributed by atoms with E-state index in [1.165, 1.54) is 17.4 Å². The van der Waals surface area contributed by atoms with E-state index in [-0.39, 0.29) is 18.5 Å². The number of carbonyl (C=O) groups excluding carboxylic acids is 1. The van der Waals surface area contributed by atoms with Crippen LogP contribution in [-0.2, 0) is 25.8 Å². The third-order valence-electron chi connectivity index (χ3n) is 5.75. The largest absolute Gasteiger partial charge is 0.416 e. The molecule has 1 atom stereocenters. The molecule has 0 aliphatic heterocycles. The Hall–Kier alpha value is -3.20. The van der Waals surface area contributed by atoms with Crippen LogP contribution in [0, 0.1) is 0 Å². The molecule has 192 valence electrons. The van der Waals surface area contributed by atoms with Crippen molar-refractivity contribution >= 4 is 28.8 Å². The average molecular weight is 544 g/mol.